The van der Waals surface area contributed by atoms with E-state index in [2.05, 4.69) is 18.2 Å². The number of thiophene rings is 1. The predicted molar refractivity (Wildman–Crippen MR) is 76.3 cm³/mol. The molecule has 0 N–H and O–H groups in total. The van der Waals surface area contributed by atoms with Gasteiger partial charge in [-0.2, -0.15) is 11.8 Å². The van der Waals surface area contributed by atoms with Crippen LogP contribution >= 0.6 is 23.1 Å². The third-order valence-corrected chi connectivity index (χ3v) is 5.65. The lowest BCUT2D eigenvalue weighted by Crippen LogP contribution is -2.19. The van der Waals surface area contributed by atoms with E-state index in [1.54, 1.807) is 11.3 Å². The summed E-state index contributed by atoms with van der Waals surface area (Å²) in [5, 5.41) is 1.40. The number of fused-ring (bicyclic) bond motifs is 1. The minimum absolute atomic E-state index is 0.205. The van der Waals surface area contributed by atoms with Gasteiger partial charge in [-0.3, -0.25) is 4.79 Å². The maximum absolute atomic E-state index is 12.4. The number of thioether (sulfide) groups is 1. The summed E-state index contributed by atoms with van der Waals surface area (Å²) in [6.07, 6.45) is 3.52. The number of carbonyl (C=O) groups excluding carboxylic acids is 1. The van der Waals surface area contributed by atoms with Gasteiger partial charge in [-0.25, -0.2) is 0 Å². The third kappa shape index (κ3) is 2.26. The first-order valence-electron chi connectivity index (χ1n) is 5.99. The summed E-state index contributed by atoms with van der Waals surface area (Å²) in [5.41, 5.74) is 0. The Morgan fingerprint density at radius 3 is 2.88 bits per heavy atom. The molecule has 2 aromatic rings. The zero-order valence-corrected chi connectivity index (χ0v) is 11.2. The highest BCUT2D eigenvalue weighted by atomic mass is 32.2. The van der Waals surface area contributed by atoms with Crippen LogP contribution in [0.3, 0.4) is 0 Å². The second-order valence-electron chi connectivity index (χ2n) is 4.37. The fourth-order valence-corrected chi connectivity index (χ4v) is 4.61. The van der Waals surface area contributed by atoms with Gasteiger partial charge in [-0.1, -0.05) is 24.6 Å². The van der Waals surface area contributed by atoms with E-state index in [1.165, 1.54) is 22.9 Å². The molecule has 1 fully saturated rings. The summed E-state index contributed by atoms with van der Waals surface area (Å²) < 4.78 is 1.22. The first kappa shape index (κ1) is 11.3. The van der Waals surface area contributed by atoms with Crippen molar-refractivity contribution in [1.82, 2.24) is 0 Å². The molecule has 0 aliphatic carbocycles. The first-order valence-corrected chi connectivity index (χ1v) is 7.85. The molecule has 0 bridgehead atoms. The number of benzene rings is 1. The standard InChI is InChI=1S/C14H14OS2/c15-14(12-7-3-4-8-16-12)13-9-10-5-1-2-6-11(10)17-13/h1-2,5-6,9,12H,3-4,7-8H2. The number of hydrogen-bond acceptors (Lipinski definition) is 3. The number of ketones is 1. The molecule has 1 atom stereocenters. The van der Waals surface area contributed by atoms with E-state index in [4.69, 9.17) is 0 Å². The molecule has 1 aromatic carbocycles. The lowest BCUT2D eigenvalue weighted by molar-refractivity contribution is 0.0989. The Morgan fingerprint density at radius 1 is 1.24 bits per heavy atom. The van der Waals surface area contributed by atoms with Gasteiger partial charge in [-0.15, -0.1) is 11.3 Å². The van der Waals surface area contributed by atoms with Gasteiger partial charge in [0.2, 0.25) is 0 Å². The summed E-state index contributed by atoms with van der Waals surface area (Å²) in [4.78, 5) is 13.3. The van der Waals surface area contributed by atoms with Crippen molar-refractivity contribution in [3.05, 3.63) is 35.2 Å². The summed E-state index contributed by atoms with van der Waals surface area (Å²) in [5.74, 6) is 1.48. The average Bonchev–Trinajstić information content (AvgIpc) is 2.82. The molecule has 1 aromatic heterocycles. The van der Waals surface area contributed by atoms with Crippen molar-refractivity contribution in [2.24, 2.45) is 0 Å². The maximum Gasteiger partial charge on any atom is 0.185 e. The minimum atomic E-state index is 0.205. The summed E-state index contributed by atoms with van der Waals surface area (Å²) in [7, 11) is 0. The van der Waals surface area contributed by atoms with Crippen LogP contribution in [0.4, 0.5) is 0 Å². The molecule has 1 aliphatic rings. The van der Waals surface area contributed by atoms with E-state index < -0.39 is 0 Å². The van der Waals surface area contributed by atoms with Crippen molar-refractivity contribution in [2.45, 2.75) is 24.5 Å². The molecule has 1 saturated heterocycles. The van der Waals surface area contributed by atoms with E-state index in [1.807, 2.05) is 23.9 Å². The smallest absolute Gasteiger partial charge is 0.185 e. The van der Waals surface area contributed by atoms with Gasteiger partial charge in [0.1, 0.15) is 0 Å². The summed E-state index contributed by atoms with van der Waals surface area (Å²) >= 11 is 3.47. The Kier molecular flexibility index (Phi) is 3.21. The highest BCUT2D eigenvalue weighted by Crippen LogP contribution is 2.32. The summed E-state index contributed by atoms with van der Waals surface area (Å²) in [6.45, 7) is 0. The van der Waals surface area contributed by atoms with Crippen LogP contribution in [0, 0.1) is 0 Å². The van der Waals surface area contributed by atoms with Gasteiger partial charge in [0, 0.05) is 4.70 Å². The predicted octanol–water partition coefficient (Wildman–Crippen LogP) is 4.37. The van der Waals surface area contributed by atoms with Crippen molar-refractivity contribution in [3.8, 4) is 0 Å². The molecule has 1 unspecified atom stereocenters. The number of hydrogen-bond donors (Lipinski definition) is 0. The molecule has 0 spiro atoms. The van der Waals surface area contributed by atoms with Crippen LogP contribution in [-0.4, -0.2) is 16.8 Å². The molecule has 1 aliphatic heterocycles. The maximum atomic E-state index is 12.4. The summed E-state index contributed by atoms with van der Waals surface area (Å²) in [6, 6.07) is 10.3. The molecule has 0 amide bonds. The monoisotopic (exact) mass is 262 g/mol. The largest absolute Gasteiger partial charge is 0.292 e. The lowest BCUT2D eigenvalue weighted by atomic mass is 10.1. The van der Waals surface area contributed by atoms with E-state index in [0.29, 0.717) is 5.78 Å². The molecule has 3 heteroatoms. The zero-order valence-electron chi connectivity index (χ0n) is 9.52. The van der Waals surface area contributed by atoms with Gasteiger partial charge < -0.3 is 0 Å². The lowest BCUT2D eigenvalue weighted by Gasteiger charge is -2.18. The fourth-order valence-electron chi connectivity index (χ4n) is 2.21. The van der Waals surface area contributed by atoms with Gasteiger partial charge in [-0.05, 0) is 36.1 Å². The van der Waals surface area contributed by atoms with Crippen molar-refractivity contribution in [1.29, 1.82) is 0 Å². The topological polar surface area (TPSA) is 17.1 Å². The second-order valence-corrected chi connectivity index (χ2v) is 6.76. The van der Waals surface area contributed by atoms with Crippen molar-refractivity contribution in [3.63, 3.8) is 0 Å². The van der Waals surface area contributed by atoms with E-state index >= 15 is 0 Å². The van der Waals surface area contributed by atoms with Crippen molar-refractivity contribution in [2.75, 3.05) is 5.75 Å². The molecule has 2 heterocycles. The van der Waals surface area contributed by atoms with E-state index in [-0.39, 0.29) is 5.25 Å². The highest BCUT2D eigenvalue weighted by molar-refractivity contribution is 8.00. The van der Waals surface area contributed by atoms with Crippen LogP contribution in [0.2, 0.25) is 0 Å². The Morgan fingerprint density at radius 2 is 2.12 bits per heavy atom. The quantitative estimate of drug-likeness (QED) is 0.748. The van der Waals surface area contributed by atoms with Crippen LogP contribution < -0.4 is 0 Å². The second kappa shape index (κ2) is 4.83. The van der Waals surface area contributed by atoms with Crippen LogP contribution in [0.5, 0.6) is 0 Å². The Balaban J connectivity index is 1.89. The SMILES string of the molecule is O=C(c1cc2ccccc2s1)C1CCCCS1. The van der Waals surface area contributed by atoms with Crippen molar-refractivity contribution < 1.29 is 4.79 Å². The molecular formula is C14H14OS2. The van der Waals surface area contributed by atoms with Gasteiger partial charge >= 0.3 is 0 Å². The van der Waals surface area contributed by atoms with E-state index in [9.17, 15) is 4.79 Å². The molecular weight excluding hydrogens is 248 g/mol. The molecule has 0 saturated carbocycles. The van der Waals surface area contributed by atoms with E-state index in [0.717, 1.165) is 17.1 Å². The average molecular weight is 262 g/mol. The normalized spacial score (nSPS) is 20.6. The first-order chi connectivity index (χ1) is 8.34. The molecule has 1 nitrogen and oxygen atoms in total. The number of Topliss-reactive ketones (excluding diaryl/α,β-unsaturated/α-hetero) is 1. The molecule has 3 rings (SSSR count). The Bertz CT molecular complexity index is 505. The van der Waals surface area contributed by atoms with Crippen LogP contribution in [0.25, 0.3) is 10.1 Å². The van der Waals surface area contributed by atoms with Gasteiger partial charge in [0.25, 0.3) is 0 Å². The number of rotatable bonds is 2. The van der Waals surface area contributed by atoms with Crippen LogP contribution in [0.15, 0.2) is 30.3 Å². The van der Waals surface area contributed by atoms with Crippen molar-refractivity contribution >= 4 is 39.0 Å². The molecule has 17 heavy (non-hydrogen) atoms. The number of carbonyl (C=O) groups is 1. The minimum Gasteiger partial charge on any atom is -0.292 e. The zero-order chi connectivity index (χ0) is 11.7. The Hall–Kier alpha value is -0.800. The Labute approximate surface area is 109 Å². The van der Waals surface area contributed by atoms with Gasteiger partial charge in [0.15, 0.2) is 5.78 Å². The molecule has 88 valence electrons. The van der Waals surface area contributed by atoms with Gasteiger partial charge in [0.05, 0.1) is 10.1 Å². The highest BCUT2D eigenvalue weighted by Gasteiger charge is 2.24. The van der Waals surface area contributed by atoms with Crippen LogP contribution in [-0.2, 0) is 0 Å². The third-order valence-electron chi connectivity index (χ3n) is 3.14. The molecule has 0 radical (unpaired) electrons. The van der Waals surface area contributed by atoms with Crippen LogP contribution in [0.1, 0.15) is 28.9 Å². The fraction of sp³-hybridized carbons (Fsp3) is 0.357.